The van der Waals surface area contributed by atoms with Crippen molar-refractivity contribution in [2.75, 3.05) is 26.2 Å². The molecular formula is C28H32ClFN2O4. The lowest BCUT2D eigenvalue weighted by Gasteiger charge is -2.32. The van der Waals surface area contributed by atoms with Crippen molar-refractivity contribution in [1.82, 2.24) is 10.2 Å². The highest BCUT2D eigenvalue weighted by Gasteiger charge is 2.21. The Kier molecular flexibility index (Phi) is 8.64. The standard InChI is InChI=1S/C28H31FN2O4.ClH/c29-20-8-6-19(7-9-20)27(32)30-21-12-15-31(16-13-21)14-3-17-34-22-10-11-24-23-4-1-2-5-25(23)28(33)35-26(24)18-22;/h6-11,18,21H,1-5,12-17H2,(H,30,32);1H. The fourth-order valence-corrected chi connectivity index (χ4v) is 5.16. The summed E-state index contributed by atoms with van der Waals surface area (Å²) < 4.78 is 24.6. The zero-order valence-electron chi connectivity index (χ0n) is 20.3. The minimum atomic E-state index is -0.343. The molecular weight excluding hydrogens is 483 g/mol. The Bertz CT molecular complexity index is 1250. The number of hydrogen-bond donors (Lipinski definition) is 1. The summed E-state index contributed by atoms with van der Waals surface area (Å²) in [5.74, 6) is 0.229. The van der Waals surface area contributed by atoms with E-state index in [0.29, 0.717) is 17.8 Å². The van der Waals surface area contributed by atoms with Gasteiger partial charge in [-0.05, 0) is 86.9 Å². The van der Waals surface area contributed by atoms with E-state index in [2.05, 4.69) is 10.2 Å². The summed E-state index contributed by atoms with van der Waals surface area (Å²) in [4.78, 5) is 27.1. The highest BCUT2D eigenvalue weighted by atomic mass is 35.5. The summed E-state index contributed by atoms with van der Waals surface area (Å²) in [6, 6.07) is 11.6. The summed E-state index contributed by atoms with van der Waals surface area (Å²) in [5.41, 5.74) is 2.88. The van der Waals surface area contributed by atoms with Crippen molar-refractivity contribution in [2.45, 2.75) is 51.0 Å². The Labute approximate surface area is 216 Å². The van der Waals surface area contributed by atoms with E-state index in [1.807, 2.05) is 18.2 Å². The number of aryl methyl sites for hydroxylation is 1. The van der Waals surface area contributed by atoms with Gasteiger partial charge in [0.2, 0.25) is 0 Å². The largest absolute Gasteiger partial charge is 0.493 e. The molecule has 2 aliphatic rings. The van der Waals surface area contributed by atoms with Crippen molar-refractivity contribution in [2.24, 2.45) is 0 Å². The molecule has 0 spiro atoms. The van der Waals surface area contributed by atoms with Crippen LogP contribution in [0.2, 0.25) is 0 Å². The van der Waals surface area contributed by atoms with Crippen LogP contribution in [0.25, 0.3) is 11.0 Å². The van der Waals surface area contributed by atoms with Gasteiger partial charge in [-0.2, -0.15) is 0 Å². The fourth-order valence-electron chi connectivity index (χ4n) is 5.16. The van der Waals surface area contributed by atoms with E-state index in [1.54, 1.807) is 0 Å². The van der Waals surface area contributed by atoms with Crippen LogP contribution in [-0.4, -0.2) is 43.1 Å². The molecule has 1 aliphatic carbocycles. The zero-order chi connectivity index (χ0) is 24.2. The van der Waals surface area contributed by atoms with E-state index < -0.39 is 0 Å². The number of ether oxygens (including phenoxy) is 1. The number of amides is 1. The Hall–Kier alpha value is -2.90. The SMILES string of the molecule is Cl.O=C(NC1CCN(CCCOc2ccc3c4c(c(=O)oc3c2)CCCC4)CC1)c1ccc(F)cc1. The summed E-state index contributed by atoms with van der Waals surface area (Å²) in [7, 11) is 0. The van der Waals surface area contributed by atoms with Gasteiger partial charge in [-0.1, -0.05) is 0 Å². The first-order chi connectivity index (χ1) is 17.1. The van der Waals surface area contributed by atoms with Crippen LogP contribution in [0.5, 0.6) is 5.75 Å². The lowest BCUT2D eigenvalue weighted by Crippen LogP contribution is -2.45. The Morgan fingerprint density at radius 3 is 2.53 bits per heavy atom. The van der Waals surface area contributed by atoms with Gasteiger partial charge in [0.05, 0.1) is 6.61 Å². The predicted octanol–water partition coefficient (Wildman–Crippen LogP) is 4.90. The smallest absolute Gasteiger partial charge is 0.339 e. The first-order valence-corrected chi connectivity index (χ1v) is 12.6. The average molecular weight is 515 g/mol. The number of nitrogens with one attached hydrogen (secondary N) is 1. The molecule has 8 heteroatoms. The van der Waals surface area contributed by atoms with Gasteiger partial charge in [0.15, 0.2) is 0 Å². The number of likely N-dealkylation sites (tertiary alicyclic amines) is 1. The minimum absolute atomic E-state index is 0. The molecule has 0 atom stereocenters. The third kappa shape index (κ3) is 6.08. The van der Waals surface area contributed by atoms with Crippen molar-refractivity contribution in [1.29, 1.82) is 0 Å². The first-order valence-electron chi connectivity index (χ1n) is 12.6. The van der Waals surface area contributed by atoms with Crippen LogP contribution in [0.15, 0.2) is 51.7 Å². The van der Waals surface area contributed by atoms with Gasteiger partial charge >= 0.3 is 5.63 Å². The maximum Gasteiger partial charge on any atom is 0.339 e. The molecule has 0 saturated carbocycles. The number of benzene rings is 2. The number of rotatable bonds is 7. The Morgan fingerprint density at radius 2 is 1.78 bits per heavy atom. The monoisotopic (exact) mass is 514 g/mol. The summed E-state index contributed by atoms with van der Waals surface area (Å²) in [6.45, 7) is 3.35. The van der Waals surface area contributed by atoms with Gasteiger partial charge in [0.1, 0.15) is 17.1 Å². The molecule has 2 heterocycles. The number of carbonyl (C=O) groups is 1. The molecule has 6 nitrogen and oxygen atoms in total. The number of carbonyl (C=O) groups excluding carboxylic acids is 1. The van der Waals surface area contributed by atoms with Crippen molar-refractivity contribution in [3.05, 3.63) is 75.4 Å². The zero-order valence-corrected chi connectivity index (χ0v) is 21.1. The van der Waals surface area contributed by atoms with Crippen LogP contribution in [-0.2, 0) is 12.8 Å². The second-order valence-electron chi connectivity index (χ2n) is 9.51. The molecule has 1 saturated heterocycles. The van der Waals surface area contributed by atoms with Crippen molar-refractivity contribution < 1.29 is 18.3 Å². The highest BCUT2D eigenvalue weighted by Crippen LogP contribution is 2.29. The molecule has 192 valence electrons. The summed E-state index contributed by atoms with van der Waals surface area (Å²) in [5, 5.41) is 4.09. The predicted molar refractivity (Wildman–Crippen MR) is 140 cm³/mol. The van der Waals surface area contributed by atoms with E-state index in [1.165, 1.54) is 24.3 Å². The van der Waals surface area contributed by atoms with E-state index >= 15 is 0 Å². The lowest BCUT2D eigenvalue weighted by atomic mass is 9.91. The highest BCUT2D eigenvalue weighted by molar-refractivity contribution is 5.94. The maximum atomic E-state index is 13.0. The molecule has 5 rings (SSSR count). The van der Waals surface area contributed by atoms with Gasteiger partial charge in [-0.3, -0.25) is 4.79 Å². The van der Waals surface area contributed by atoms with Crippen molar-refractivity contribution in [3.63, 3.8) is 0 Å². The second-order valence-corrected chi connectivity index (χ2v) is 9.51. The fraction of sp³-hybridized carbons (Fsp3) is 0.429. The number of nitrogens with zero attached hydrogens (tertiary/aromatic N) is 1. The average Bonchev–Trinajstić information content (AvgIpc) is 2.88. The number of fused-ring (bicyclic) bond motifs is 3. The van der Waals surface area contributed by atoms with Gasteiger partial charge in [0.25, 0.3) is 5.91 Å². The third-order valence-corrected chi connectivity index (χ3v) is 7.11. The molecule has 3 aromatic rings. The Morgan fingerprint density at radius 1 is 1.06 bits per heavy atom. The van der Waals surface area contributed by atoms with Crippen molar-refractivity contribution >= 4 is 29.3 Å². The van der Waals surface area contributed by atoms with Gasteiger partial charge in [0, 0.05) is 48.3 Å². The molecule has 1 N–H and O–H groups in total. The van der Waals surface area contributed by atoms with E-state index in [9.17, 15) is 14.0 Å². The van der Waals surface area contributed by atoms with Crippen LogP contribution in [0.4, 0.5) is 4.39 Å². The lowest BCUT2D eigenvalue weighted by molar-refractivity contribution is 0.0909. The van der Waals surface area contributed by atoms with Crippen LogP contribution < -0.4 is 15.7 Å². The van der Waals surface area contributed by atoms with E-state index in [4.69, 9.17) is 9.15 Å². The number of piperidine rings is 1. The molecule has 1 aromatic heterocycles. The van der Waals surface area contributed by atoms with Crippen LogP contribution >= 0.6 is 12.4 Å². The van der Waals surface area contributed by atoms with Crippen LogP contribution in [0, 0.1) is 5.82 Å². The van der Waals surface area contributed by atoms with Gasteiger partial charge < -0.3 is 19.4 Å². The number of halogens is 2. The van der Waals surface area contributed by atoms with Crippen LogP contribution in [0.1, 0.15) is 53.6 Å². The molecule has 1 amide bonds. The quantitative estimate of drug-likeness (QED) is 0.359. The maximum absolute atomic E-state index is 13.0. The van der Waals surface area contributed by atoms with Crippen LogP contribution in [0.3, 0.4) is 0 Å². The van der Waals surface area contributed by atoms with E-state index in [0.717, 1.165) is 86.8 Å². The molecule has 0 radical (unpaired) electrons. The topological polar surface area (TPSA) is 71.8 Å². The molecule has 2 aromatic carbocycles. The first kappa shape index (κ1) is 26.2. The van der Waals surface area contributed by atoms with Crippen molar-refractivity contribution in [3.8, 4) is 5.75 Å². The normalized spacial score (nSPS) is 16.2. The summed E-state index contributed by atoms with van der Waals surface area (Å²) in [6.07, 6.45) is 6.57. The molecule has 36 heavy (non-hydrogen) atoms. The molecule has 1 fully saturated rings. The minimum Gasteiger partial charge on any atom is -0.493 e. The second kappa shape index (κ2) is 11.9. The third-order valence-electron chi connectivity index (χ3n) is 7.11. The Balaban J connectivity index is 0.00000304. The number of hydrogen-bond acceptors (Lipinski definition) is 5. The molecule has 1 aliphatic heterocycles. The molecule has 0 unspecified atom stereocenters. The van der Waals surface area contributed by atoms with Gasteiger partial charge in [-0.15, -0.1) is 12.4 Å². The van der Waals surface area contributed by atoms with Gasteiger partial charge in [-0.25, -0.2) is 9.18 Å². The molecule has 0 bridgehead atoms. The van der Waals surface area contributed by atoms with E-state index in [-0.39, 0.29) is 35.8 Å². The summed E-state index contributed by atoms with van der Waals surface area (Å²) >= 11 is 0.